The van der Waals surface area contributed by atoms with E-state index in [0.717, 1.165) is 24.9 Å². The van der Waals surface area contributed by atoms with Crippen LogP contribution in [0.4, 0.5) is 0 Å². The highest BCUT2D eigenvalue weighted by molar-refractivity contribution is 6.32. The summed E-state index contributed by atoms with van der Waals surface area (Å²) in [6.45, 7) is 3.44. The maximum atomic E-state index is 10.8. The van der Waals surface area contributed by atoms with E-state index in [2.05, 4.69) is 5.32 Å². The number of aliphatic carboxylic acids is 1. The average Bonchev–Trinajstić information content (AvgIpc) is 2.39. The van der Waals surface area contributed by atoms with Crippen molar-refractivity contribution in [2.75, 3.05) is 13.1 Å². The summed E-state index contributed by atoms with van der Waals surface area (Å²) in [5.74, 6) is -0.680. The van der Waals surface area contributed by atoms with Crippen molar-refractivity contribution in [3.05, 3.63) is 28.8 Å². The van der Waals surface area contributed by atoms with Crippen LogP contribution < -0.4 is 5.32 Å². The third-order valence-corrected chi connectivity index (χ3v) is 4.45. The quantitative estimate of drug-likeness (QED) is 0.719. The molecule has 0 atom stereocenters. The van der Waals surface area contributed by atoms with Gasteiger partial charge in [0.1, 0.15) is 5.75 Å². The molecule has 21 heavy (non-hydrogen) atoms. The number of phenolic OH excluding ortho intramolecular Hbond substituents is 1. The van der Waals surface area contributed by atoms with Gasteiger partial charge in [0.2, 0.25) is 0 Å². The molecule has 2 rings (SSSR count). The smallest absolute Gasteiger partial charge is 0.317 e. The number of rotatable bonds is 7. The molecular formula is C15H21ClN2O3. The second kappa shape index (κ2) is 7.11. The van der Waals surface area contributed by atoms with E-state index in [1.54, 1.807) is 12.1 Å². The minimum atomic E-state index is -0.778. The topological polar surface area (TPSA) is 72.8 Å². The number of benzene rings is 1. The van der Waals surface area contributed by atoms with Gasteiger partial charge in [0, 0.05) is 18.6 Å². The van der Waals surface area contributed by atoms with E-state index in [1.165, 1.54) is 0 Å². The Labute approximate surface area is 129 Å². The molecule has 116 valence electrons. The van der Waals surface area contributed by atoms with Crippen LogP contribution in [0.3, 0.4) is 0 Å². The van der Waals surface area contributed by atoms with Crippen molar-refractivity contribution in [3.63, 3.8) is 0 Å². The third kappa shape index (κ3) is 4.09. The van der Waals surface area contributed by atoms with E-state index in [-0.39, 0.29) is 12.3 Å². The van der Waals surface area contributed by atoms with Crippen LogP contribution in [0.5, 0.6) is 5.75 Å². The summed E-state index contributed by atoms with van der Waals surface area (Å²) < 4.78 is 0. The van der Waals surface area contributed by atoms with E-state index in [4.69, 9.17) is 16.7 Å². The van der Waals surface area contributed by atoms with Crippen LogP contribution in [0, 0.1) is 0 Å². The number of halogens is 1. The lowest BCUT2D eigenvalue weighted by atomic mass is 9.85. The zero-order valence-corrected chi connectivity index (χ0v) is 12.8. The molecule has 3 N–H and O–H groups in total. The SMILES string of the molecule is CCN(CC(=O)O)C1CC(NCc2cccc(O)c2Cl)C1. The van der Waals surface area contributed by atoms with Gasteiger partial charge in [0.15, 0.2) is 0 Å². The fraction of sp³-hybridized carbons (Fsp3) is 0.533. The first kappa shape index (κ1) is 16.1. The number of carboxylic acid groups (broad SMARTS) is 1. The maximum absolute atomic E-state index is 10.8. The minimum Gasteiger partial charge on any atom is -0.506 e. The zero-order chi connectivity index (χ0) is 15.4. The molecule has 0 bridgehead atoms. The number of nitrogens with zero attached hydrogens (tertiary/aromatic N) is 1. The molecule has 0 amide bonds. The molecule has 6 heteroatoms. The molecule has 1 fully saturated rings. The van der Waals surface area contributed by atoms with Crippen LogP contribution in [-0.4, -0.2) is 46.3 Å². The summed E-state index contributed by atoms with van der Waals surface area (Å²) in [6, 6.07) is 5.93. The van der Waals surface area contributed by atoms with Crippen molar-refractivity contribution in [1.29, 1.82) is 0 Å². The van der Waals surface area contributed by atoms with Gasteiger partial charge in [-0.05, 0) is 31.0 Å². The van der Waals surface area contributed by atoms with Gasteiger partial charge in [-0.15, -0.1) is 0 Å². The monoisotopic (exact) mass is 312 g/mol. The Balaban J connectivity index is 1.78. The zero-order valence-electron chi connectivity index (χ0n) is 12.1. The van der Waals surface area contributed by atoms with Gasteiger partial charge in [-0.2, -0.15) is 0 Å². The average molecular weight is 313 g/mol. The van der Waals surface area contributed by atoms with Gasteiger partial charge < -0.3 is 15.5 Å². The number of phenols is 1. The van der Waals surface area contributed by atoms with Crippen LogP contribution in [0.15, 0.2) is 18.2 Å². The van der Waals surface area contributed by atoms with Crippen molar-refractivity contribution in [3.8, 4) is 5.75 Å². The Kier molecular flexibility index (Phi) is 5.45. The molecule has 1 aromatic carbocycles. The first-order valence-electron chi connectivity index (χ1n) is 7.16. The highest BCUT2D eigenvalue weighted by Crippen LogP contribution is 2.29. The lowest BCUT2D eigenvalue weighted by Gasteiger charge is -2.42. The molecule has 0 unspecified atom stereocenters. The van der Waals surface area contributed by atoms with Gasteiger partial charge in [0.25, 0.3) is 0 Å². The van der Waals surface area contributed by atoms with Gasteiger partial charge in [-0.3, -0.25) is 9.69 Å². The van der Waals surface area contributed by atoms with E-state index in [9.17, 15) is 9.90 Å². The van der Waals surface area contributed by atoms with Crippen LogP contribution >= 0.6 is 11.6 Å². The number of carboxylic acids is 1. The Hall–Kier alpha value is -1.30. The summed E-state index contributed by atoms with van der Waals surface area (Å²) in [5, 5.41) is 22.2. The fourth-order valence-corrected chi connectivity index (χ4v) is 2.88. The number of nitrogens with one attached hydrogen (secondary N) is 1. The number of aromatic hydroxyl groups is 1. The molecule has 5 nitrogen and oxygen atoms in total. The second-order valence-electron chi connectivity index (χ2n) is 5.41. The standard InChI is InChI=1S/C15H21ClN2O3/c1-2-18(9-14(20)21)12-6-11(7-12)17-8-10-4-3-5-13(19)15(10)16/h3-5,11-12,17,19H,2,6-9H2,1H3,(H,20,21). The van der Waals surface area contributed by atoms with E-state index < -0.39 is 5.97 Å². The Morgan fingerprint density at radius 1 is 1.48 bits per heavy atom. The first-order chi connectivity index (χ1) is 10.0. The summed E-state index contributed by atoms with van der Waals surface area (Å²) in [5.41, 5.74) is 0.873. The van der Waals surface area contributed by atoms with Crippen molar-refractivity contribution in [1.82, 2.24) is 10.2 Å². The second-order valence-corrected chi connectivity index (χ2v) is 5.79. The van der Waals surface area contributed by atoms with Crippen LogP contribution in [0.2, 0.25) is 5.02 Å². The van der Waals surface area contributed by atoms with Gasteiger partial charge in [0.05, 0.1) is 11.6 Å². The van der Waals surface area contributed by atoms with E-state index in [0.29, 0.717) is 23.7 Å². The van der Waals surface area contributed by atoms with Crippen molar-refractivity contribution >= 4 is 17.6 Å². The molecule has 0 saturated heterocycles. The molecular weight excluding hydrogens is 292 g/mol. The van der Waals surface area contributed by atoms with Crippen LogP contribution in [0.25, 0.3) is 0 Å². The van der Waals surface area contributed by atoms with Crippen LogP contribution in [0.1, 0.15) is 25.3 Å². The Morgan fingerprint density at radius 3 is 2.81 bits per heavy atom. The summed E-state index contributed by atoms with van der Waals surface area (Å²) in [4.78, 5) is 12.8. The predicted molar refractivity (Wildman–Crippen MR) is 81.6 cm³/mol. The first-order valence-corrected chi connectivity index (χ1v) is 7.54. The predicted octanol–water partition coefficient (Wildman–Crippen LogP) is 2.07. The molecule has 0 spiro atoms. The lowest BCUT2D eigenvalue weighted by Crippen LogP contribution is -2.53. The lowest BCUT2D eigenvalue weighted by molar-refractivity contribution is -0.139. The summed E-state index contributed by atoms with van der Waals surface area (Å²) in [7, 11) is 0. The Morgan fingerprint density at radius 2 is 2.19 bits per heavy atom. The molecule has 0 aromatic heterocycles. The summed E-state index contributed by atoms with van der Waals surface area (Å²) in [6.07, 6.45) is 1.88. The number of hydrogen-bond donors (Lipinski definition) is 3. The Bertz CT molecular complexity index is 504. The molecule has 1 aromatic rings. The maximum Gasteiger partial charge on any atom is 0.317 e. The number of likely N-dealkylation sites (N-methyl/N-ethyl adjacent to an activating group) is 1. The number of carbonyl (C=O) groups is 1. The summed E-state index contributed by atoms with van der Waals surface area (Å²) >= 11 is 6.03. The minimum absolute atomic E-state index is 0.0982. The highest BCUT2D eigenvalue weighted by atomic mass is 35.5. The van der Waals surface area contributed by atoms with Gasteiger partial charge in [-0.25, -0.2) is 0 Å². The largest absolute Gasteiger partial charge is 0.506 e. The molecule has 1 aliphatic carbocycles. The van der Waals surface area contributed by atoms with E-state index >= 15 is 0 Å². The third-order valence-electron chi connectivity index (χ3n) is 4.01. The van der Waals surface area contributed by atoms with Crippen LogP contribution in [-0.2, 0) is 11.3 Å². The molecule has 1 aliphatic rings. The van der Waals surface area contributed by atoms with E-state index in [1.807, 2.05) is 17.9 Å². The van der Waals surface area contributed by atoms with Gasteiger partial charge >= 0.3 is 5.97 Å². The van der Waals surface area contributed by atoms with Crippen molar-refractivity contribution < 1.29 is 15.0 Å². The van der Waals surface area contributed by atoms with Gasteiger partial charge in [-0.1, -0.05) is 30.7 Å². The van der Waals surface area contributed by atoms with Crippen molar-refractivity contribution in [2.24, 2.45) is 0 Å². The highest BCUT2D eigenvalue weighted by Gasteiger charge is 2.33. The van der Waals surface area contributed by atoms with Crippen molar-refractivity contribution in [2.45, 2.75) is 38.4 Å². The molecule has 0 heterocycles. The molecule has 1 saturated carbocycles. The number of hydrogen-bond acceptors (Lipinski definition) is 4. The fourth-order valence-electron chi connectivity index (χ4n) is 2.68. The molecule has 0 aliphatic heterocycles. The normalized spacial score (nSPS) is 21.3. The molecule has 0 radical (unpaired) electrons.